The molecular weight excluding hydrogens is 653 g/mol. The summed E-state index contributed by atoms with van der Waals surface area (Å²) in [7, 11) is 0. The molecule has 1 aliphatic heterocycles. The van der Waals surface area contributed by atoms with Crippen LogP contribution in [0.4, 0.5) is 0 Å². The maximum atomic E-state index is 6.76. The Balaban J connectivity index is 1.05. The van der Waals surface area contributed by atoms with Gasteiger partial charge in [0, 0.05) is 5.56 Å². The van der Waals surface area contributed by atoms with Gasteiger partial charge in [-0.3, -0.25) is 0 Å². The van der Waals surface area contributed by atoms with Crippen LogP contribution in [0.3, 0.4) is 0 Å². The van der Waals surface area contributed by atoms with Gasteiger partial charge in [0.1, 0.15) is 12.4 Å². The van der Waals surface area contributed by atoms with Gasteiger partial charge in [0.25, 0.3) is 0 Å². The summed E-state index contributed by atoms with van der Waals surface area (Å²) in [6, 6.07) is 51.9. The first-order chi connectivity index (χ1) is 26.7. The van der Waals surface area contributed by atoms with Crippen molar-refractivity contribution in [1.82, 2.24) is 0 Å². The highest BCUT2D eigenvalue weighted by Gasteiger charge is 2.47. The molecule has 0 unspecified atom stereocenters. The molecule has 6 aromatic carbocycles. The minimum absolute atomic E-state index is 0.488. The van der Waals surface area contributed by atoms with Gasteiger partial charge in [-0.2, -0.15) is 0 Å². The van der Waals surface area contributed by atoms with E-state index in [0.29, 0.717) is 6.61 Å². The number of para-hydroxylation sites is 1. The topological polar surface area (TPSA) is 9.23 Å². The second kappa shape index (κ2) is 15.5. The molecule has 8 rings (SSSR count). The minimum atomic E-state index is -0.488. The fraction of sp³-hybridized carbons (Fsp3) is 0.0566. The second-order valence-electron chi connectivity index (χ2n) is 13.6. The van der Waals surface area contributed by atoms with Crippen molar-refractivity contribution >= 4 is 17.2 Å². The van der Waals surface area contributed by atoms with E-state index < -0.39 is 5.41 Å². The van der Waals surface area contributed by atoms with E-state index >= 15 is 0 Å². The molecule has 6 aromatic rings. The summed E-state index contributed by atoms with van der Waals surface area (Å²) < 4.78 is 6.76. The van der Waals surface area contributed by atoms with Crippen LogP contribution in [0.2, 0.25) is 0 Å². The van der Waals surface area contributed by atoms with Gasteiger partial charge < -0.3 is 4.74 Å². The van der Waals surface area contributed by atoms with Gasteiger partial charge in [-0.05, 0) is 85.8 Å². The molecule has 1 aliphatic carbocycles. The van der Waals surface area contributed by atoms with E-state index in [9.17, 15) is 0 Å². The highest BCUT2D eigenvalue weighted by Crippen LogP contribution is 2.55. The van der Waals surface area contributed by atoms with Crippen LogP contribution >= 0.6 is 0 Å². The lowest BCUT2D eigenvalue weighted by molar-refractivity contribution is 0.266. The van der Waals surface area contributed by atoms with Gasteiger partial charge in [-0.25, -0.2) is 0 Å². The largest absolute Gasteiger partial charge is 0.491 e. The quantitative estimate of drug-likeness (QED) is 0.144. The summed E-state index contributed by atoms with van der Waals surface area (Å²) in [5.74, 6) is 0.869. The number of benzene rings is 6. The molecule has 2 aliphatic rings. The Labute approximate surface area is 319 Å². The SMILES string of the molecule is C=C1c2ccccc2OCC2(c3cc(\C=C/C=C\C=C\C=C/C(=C\C=C\C)c4ccc(-c5ccccc5)cc4)ccc31)c1ccccc1-c1ccccc12. The third kappa shape index (κ3) is 6.57. The average molecular weight is 695 g/mol. The van der Waals surface area contributed by atoms with Gasteiger partial charge in [0.05, 0.1) is 5.41 Å². The van der Waals surface area contributed by atoms with Crippen LogP contribution in [0.5, 0.6) is 5.75 Å². The van der Waals surface area contributed by atoms with Gasteiger partial charge in [0.2, 0.25) is 0 Å². The summed E-state index contributed by atoms with van der Waals surface area (Å²) in [6.07, 6.45) is 23.1. The average Bonchev–Trinajstić information content (AvgIpc) is 3.52. The highest BCUT2D eigenvalue weighted by molar-refractivity contribution is 5.90. The molecule has 0 aromatic heterocycles. The summed E-state index contributed by atoms with van der Waals surface area (Å²) in [5, 5.41) is 0. The van der Waals surface area contributed by atoms with Crippen LogP contribution < -0.4 is 4.74 Å². The van der Waals surface area contributed by atoms with Crippen LogP contribution in [0, 0.1) is 0 Å². The lowest BCUT2D eigenvalue weighted by Gasteiger charge is -2.37. The van der Waals surface area contributed by atoms with Crippen LogP contribution in [0.25, 0.3) is 39.5 Å². The Hall–Kier alpha value is -6.70. The number of hydrogen-bond acceptors (Lipinski definition) is 1. The fourth-order valence-electron chi connectivity index (χ4n) is 7.82. The first-order valence-electron chi connectivity index (χ1n) is 18.6. The van der Waals surface area contributed by atoms with Crippen molar-refractivity contribution in [2.45, 2.75) is 12.3 Å². The van der Waals surface area contributed by atoms with Crippen molar-refractivity contribution in [3.8, 4) is 28.0 Å². The zero-order chi connectivity index (χ0) is 36.7. The smallest absolute Gasteiger partial charge is 0.127 e. The summed E-state index contributed by atoms with van der Waals surface area (Å²) >= 11 is 0. The van der Waals surface area contributed by atoms with Crippen molar-refractivity contribution in [2.75, 3.05) is 6.61 Å². The lowest BCUT2D eigenvalue weighted by Crippen LogP contribution is -2.36. The van der Waals surface area contributed by atoms with Crippen LogP contribution in [-0.2, 0) is 5.41 Å². The number of hydrogen-bond donors (Lipinski definition) is 0. The molecule has 1 nitrogen and oxygen atoms in total. The monoisotopic (exact) mass is 694 g/mol. The predicted octanol–water partition coefficient (Wildman–Crippen LogP) is 13.5. The molecule has 0 amide bonds. The zero-order valence-electron chi connectivity index (χ0n) is 30.5. The van der Waals surface area contributed by atoms with E-state index in [1.165, 1.54) is 44.5 Å². The standard InChI is InChI=1S/C53H42O/c1-3-4-21-41(43-32-34-44(35-33-43)42-23-12-9-13-24-42)22-11-8-6-5-7-10-20-40-31-36-45-39(2)46-25-16-19-30-52(46)54-38-53(51(45)37-40)49-28-17-14-26-47(49)48-27-15-18-29-50(48)53/h3-37H,2,38H2,1H3/b4-3+,7-5-,8-6+,20-10-,22-11-,41-21+. The minimum Gasteiger partial charge on any atom is -0.491 e. The number of ether oxygens (including phenoxy) is 1. The molecule has 1 heteroatoms. The Bertz CT molecular complexity index is 2450. The van der Waals surface area contributed by atoms with Crippen molar-refractivity contribution in [3.63, 3.8) is 0 Å². The van der Waals surface area contributed by atoms with E-state index in [1.807, 2.05) is 19.1 Å². The van der Waals surface area contributed by atoms with Gasteiger partial charge in [0.15, 0.2) is 0 Å². The maximum Gasteiger partial charge on any atom is 0.127 e. The molecule has 1 spiro atoms. The van der Waals surface area contributed by atoms with E-state index in [1.54, 1.807) is 0 Å². The molecular formula is C53H42O. The molecule has 0 N–H and O–H groups in total. The Morgan fingerprint density at radius 2 is 1.17 bits per heavy atom. The zero-order valence-corrected chi connectivity index (χ0v) is 30.5. The van der Waals surface area contributed by atoms with Gasteiger partial charge in [-0.1, -0.05) is 207 Å². The first-order valence-corrected chi connectivity index (χ1v) is 18.6. The van der Waals surface area contributed by atoms with E-state index in [2.05, 4.69) is 207 Å². The molecule has 0 bridgehead atoms. The number of allylic oxidation sites excluding steroid dienone is 11. The number of fused-ring (bicyclic) bond motifs is 8. The molecule has 54 heavy (non-hydrogen) atoms. The maximum absolute atomic E-state index is 6.76. The molecule has 260 valence electrons. The van der Waals surface area contributed by atoms with E-state index in [-0.39, 0.29) is 0 Å². The van der Waals surface area contributed by atoms with Gasteiger partial charge >= 0.3 is 0 Å². The summed E-state index contributed by atoms with van der Waals surface area (Å²) in [5.41, 5.74) is 14.8. The second-order valence-corrected chi connectivity index (χ2v) is 13.6. The first kappa shape index (κ1) is 34.4. The summed E-state index contributed by atoms with van der Waals surface area (Å²) in [4.78, 5) is 0. The van der Waals surface area contributed by atoms with Crippen molar-refractivity contribution in [3.05, 3.63) is 252 Å². The van der Waals surface area contributed by atoms with Gasteiger partial charge in [-0.15, -0.1) is 0 Å². The predicted molar refractivity (Wildman–Crippen MR) is 229 cm³/mol. The molecule has 0 radical (unpaired) electrons. The molecule has 0 fully saturated rings. The lowest BCUT2D eigenvalue weighted by atomic mass is 9.69. The van der Waals surface area contributed by atoms with E-state index in [4.69, 9.17) is 4.74 Å². The molecule has 0 saturated heterocycles. The highest BCUT2D eigenvalue weighted by atomic mass is 16.5. The van der Waals surface area contributed by atoms with Crippen LogP contribution in [0.1, 0.15) is 45.9 Å². The Morgan fingerprint density at radius 1 is 0.556 bits per heavy atom. The molecule has 1 heterocycles. The number of rotatable bonds is 8. The summed E-state index contributed by atoms with van der Waals surface area (Å²) in [6.45, 7) is 7.17. The third-order valence-corrected chi connectivity index (χ3v) is 10.5. The Morgan fingerprint density at radius 3 is 1.89 bits per heavy atom. The van der Waals surface area contributed by atoms with Crippen molar-refractivity contribution in [2.24, 2.45) is 0 Å². The molecule has 0 saturated carbocycles. The fourth-order valence-corrected chi connectivity index (χ4v) is 7.82. The van der Waals surface area contributed by atoms with Crippen molar-refractivity contribution < 1.29 is 4.74 Å². The third-order valence-electron chi connectivity index (χ3n) is 10.5. The van der Waals surface area contributed by atoms with Crippen LogP contribution in [-0.4, -0.2) is 6.61 Å². The molecule has 0 atom stereocenters. The Kier molecular flexibility index (Phi) is 9.87. The van der Waals surface area contributed by atoms with Crippen LogP contribution in [0.15, 0.2) is 213 Å². The normalized spacial score (nSPS) is 14.8. The van der Waals surface area contributed by atoms with E-state index in [0.717, 1.165) is 33.6 Å². The van der Waals surface area contributed by atoms with Crippen molar-refractivity contribution in [1.29, 1.82) is 0 Å².